The predicted molar refractivity (Wildman–Crippen MR) is 200 cm³/mol. The van der Waals surface area contributed by atoms with E-state index in [9.17, 15) is 0 Å². The molecule has 0 aliphatic heterocycles. The van der Waals surface area contributed by atoms with Crippen molar-refractivity contribution in [3.8, 4) is 33.5 Å². The van der Waals surface area contributed by atoms with Gasteiger partial charge in [0.2, 0.25) is 0 Å². The minimum Gasteiger partial charge on any atom is -0.256 e. The van der Waals surface area contributed by atoms with E-state index in [1.807, 2.05) is 6.20 Å². The van der Waals surface area contributed by atoms with Gasteiger partial charge in [-0.25, -0.2) is 0 Å². The molecule has 0 saturated carbocycles. The van der Waals surface area contributed by atoms with Gasteiger partial charge in [0.25, 0.3) is 0 Å². The van der Waals surface area contributed by atoms with Gasteiger partial charge in [-0.3, -0.25) is 4.98 Å². The van der Waals surface area contributed by atoms with Crippen molar-refractivity contribution in [2.75, 3.05) is 0 Å². The van der Waals surface area contributed by atoms with Crippen LogP contribution in [0.4, 0.5) is 0 Å². The molecule has 10 rings (SSSR count). The summed E-state index contributed by atoms with van der Waals surface area (Å²) >= 11 is 0. The largest absolute Gasteiger partial charge is 0.256 e. The van der Waals surface area contributed by atoms with Crippen molar-refractivity contribution in [1.29, 1.82) is 0 Å². The quantitative estimate of drug-likeness (QED) is 0.181. The predicted octanol–water partition coefficient (Wildman–Crippen LogP) is 12.5. The van der Waals surface area contributed by atoms with Gasteiger partial charge in [-0.2, -0.15) is 0 Å². The van der Waals surface area contributed by atoms with Crippen LogP contribution in [0.2, 0.25) is 0 Å². The van der Waals surface area contributed by atoms with E-state index in [0.717, 1.165) is 11.3 Å². The van der Waals surface area contributed by atoms with E-state index < -0.39 is 0 Å². The summed E-state index contributed by atoms with van der Waals surface area (Å²) in [5.74, 6) is 0. The molecule has 1 aromatic heterocycles. The van der Waals surface area contributed by atoms with Crippen LogP contribution < -0.4 is 0 Å². The van der Waals surface area contributed by atoms with Gasteiger partial charge in [-0.15, -0.1) is 0 Å². The van der Waals surface area contributed by atoms with Gasteiger partial charge >= 0.3 is 0 Å². The minimum atomic E-state index is -0.0440. The van der Waals surface area contributed by atoms with Gasteiger partial charge in [-0.05, 0) is 106 Å². The van der Waals surface area contributed by atoms with Crippen LogP contribution in [-0.2, 0) is 5.41 Å². The summed E-state index contributed by atoms with van der Waals surface area (Å²) in [7, 11) is 0. The van der Waals surface area contributed by atoms with Gasteiger partial charge in [0.05, 0.1) is 5.69 Å². The highest BCUT2D eigenvalue weighted by Gasteiger charge is 2.35. The molecule has 0 unspecified atom stereocenters. The highest BCUT2D eigenvalue weighted by atomic mass is 14.7. The van der Waals surface area contributed by atoms with E-state index in [0.29, 0.717) is 0 Å². The first-order valence-electron chi connectivity index (χ1n) is 16.5. The van der Waals surface area contributed by atoms with Crippen LogP contribution in [0.15, 0.2) is 152 Å². The molecule has 0 N–H and O–H groups in total. The first-order chi connectivity index (χ1) is 23.1. The summed E-state index contributed by atoms with van der Waals surface area (Å²) in [4.78, 5) is 4.88. The van der Waals surface area contributed by atoms with Gasteiger partial charge in [0.15, 0.2) is 0 Å². The Kier molecular flexibility index (Phi) is 5.40. The number of aromatic nitrogens is 1. The molecular weight excluding hydrogens is 567 g/mol. The third-order valence-corrected chi connectivity index (χ3v) is 10.7. The molecular formula is C46H31N. The highest BCUT2D eigenvalue weighted by Crippen LogP contribution is 2.51. The Balaban J connectivity index is 1.22. The number of pyridine rings is 1. The summed E-state index contributed by atoms with van der Waals surface area (Å²) in [6.45, 7) is 4.74. The van der Waals surface area contributed by atoms with Gasteiger partial charge in [-0.1, -0.05) is 135 Å². The van der Waals surface area contributed by atoms with Crippen LogP contribution >= 0.6 is 0 Å². The van der Waals surface area contributed by atoms with Crippen LogP contribution in [0.3, 0.4) is 0 Å². The van der Waals surface area contributed by atoms with Crippen molar-refractivity contribution >= 4 is 53.9 Å². The van der Waals surface area contributed by atoms with Crippen LogP contribution in [0.25, 0.3) is 87.4 Å². The first kappa shape index (κ1) is 26.4. The standard InChI is InChI=1S/C46H31N/c1-46(2)43-18-10-9-17-37(43)42-26-40-35-16-8-7-15-34(35)39-25-29(19-20-36(39)41(40)27-44(42)46)30-21-22-38(33-14-6-5-13-32(30)33)45-31-12-4-3-11-28(31)23-24-47-45/h3-27H,1-2H3. The lowest BCUT2D eigenvalue weighted by Gasteiger charge is -2.22. The second-order valence-corrected chi connectivity index (χ2v) is 13.5. The van der Waals surface area contributed by atoms with E-state index in [1.165, 1.54) is 87.2 Å². The average Bonchev–Trinajstić information content (AvgIpc) is 3.35. The zero-order valence-corrected chi connectivity index (χ0v) is 26.4. The highest BCUT2D eigenvalue weighted by molar-refractivity contribution is 6.27. The molecule has 0 fully saturated rings. The Hall–Kier alpha value is -5.79. The number of hydrogen-bond acceptors (Lipinski definition) is 1. The number of benzene rings is 8. The summed E-state index contributed by atoms with van der Waals surface area (Å²) < 4.78 is 0. The smallest absolute Gasteiger partial charge is 0.0786 e. The lowest BCUT2D eigenvalue weighted by Crippen LogP contribution is -2.14. The summed E-state index contributed by atoms with van der Waals surface area (Å²) in [6.07, 6.45) is 1.92. The molecule has 1 nitrogen and oxygen atoms in total. The molecule has 220 valence electrons. The average molecular weight is 598 g/mol. The van der Waals surface area contributed by atoms with E-state index >= 15 is 0 Å². The number of fused-ring (bicyclic) bond motifs is 11. The van der Waals surface area contributed by atoms with Crippen LogP contribution in [-0.4, -0.2) is 4.98 Å². The van der Waals surface area contributed by atoms with E-state index in [4.69, 9.17) is 4.98 Å². The van der Waals surface area contributed by atoms with Crippen molar-refractivity contribution in [3.63, 3.8) is 0 Å². The Morgan fingerprint density at radius 3 is 1.79 bits per heavy atom. The third kappa shape index (κ3) is 3.69. The fourth-order valence-corrected chi connectivity index (χ4v) is 8.41. The molecule has 9 aromatic rings. The molecule has 0 spiro atoms. The van der Waals surface area contributed by atoms with Gasteiger partial charge in [0.1, 0.15) is 0 Å². The maximum atomic E-state index is 4.88. The van der Waals surface area contributed by atoms with Crippen molar-refractivity contribution in [2.45, 2.75) is 19.3 Å². The summed E-state index contributed by atoms with van der Waals surface area (Å²) in [5, 5.41) is 12.7. The maximum Gasteiger partial charge on any atom is 0.0786 e. The second kappa shape index (κ2) is 9.61. The van der Waals surface area contributed by atoms with Crippen molar-refractivity contribution < 1.29 is 0 Å². The van der Waals surface area contributed by atoms with Crippen LogP contribution in [0.5, 0.6) is 0 Å². The Bertz CT molecular complexity index is 2760. The molecule has 0 amide bonds. The molecule has 0 radical (unpaired) electrons. The molecule has 1 aliphatic carbocycles. The molecule has 0 saturated heterocycles. The maximum absolute atomic E-state index is 4.88. The van der Waals surface area contributed by atoms with Crippen LogP contribution in [0.1, 0.15) is 25.0 Å². The first-order valence-corrected chi connectivity index (χ1v) is 16.5. The van der Waals surface area contributed by atoms with Gasteiger partial charge < -0.3 is 0 Å². The fraction of sp³-hybridized carbons (Fsp3) is 0.0652. The summed E-state index contributed by atoms with van der Waals surface area (Å²) in [5.41, 5.74) is 10.2. The van der Waals surface area contributed by atoms with Crippen molar-refractivity contribution in [1.82, 2.24) is 4.98 Å². The van der Waals surface area contributed by atoms with E-state index in [2.05, 4.69) is 159 Å². The third-order valence-electron chi connectivity index (χ3n) is 10.7. The Morgan fingerprint density at radius 2 is 0.979 bits per heavy atom. The van der Waals surface area contributed by atoms with Crippen molar-refractivity contribution in [3.05, 3.63) is 163 Å². The zero-order valence-electron chi connectivity index (χ0n) is 26.4. The number of hydrogen-bond donors (Lipinski definition) is 0. The number of nitrogens with zero attached hydrogens (tertiary/aromatic N) is 1. The monoisotopic (exact) mass is 597 g/mol. The zero-order chi connectivity index (χ0) is 31.3. The van der Waals surface area contributed by atoms with E-state index in [-0.39, 0.29) is 5.41 Å². The van der Waals surface area contributed by atoms with E-state index in [1.54, 1.807) is 0 Å². The summed E-state index contributed by atoms with van der Waals surface area (Å²) in [6, 6.07) is 53.9. The topological polar surface area (TPSA) is 12.9 Å². The molecule has 8 aromatic carbocycles. The van der Waals surface area contributed by atoms with Crippen molar-refractivity contribution in [2.24, 2.45) is 0 Å². The fourth-order valence-electron chi connectivity index (χ4n) is 8.41. The lowest BCUT2D eigenvalue weighted by molar-refractivity contribution is 0.661. The molecule has 1 heterocycles. The molecule has 47 heavy (non-hydrogen) atoms. The SMILES string of the molecule is CC1(C)c2ccccc2-c2cc3c4ccccc4c4cc(-c5ccc(-c6nccc7ccccc67)c6ccccc56)ccc4c3cc21. The minimum absolute atomic E-state index is 0.0440. The molecule has 0 bridgehead atoms. The lowest BCUT2D eigenvalue weighted by atomic mass is 9.81. The normalized spacial score (nSPS) is 13.5. The number of rotatable bonds is 2. The molecule has 0 atom stereocenters. The molecule has 1 aliphatic rings. The second-order valence-electron chi connectivity index (χ2n) is 13.5. The Morgan fingerprint density at radius 1 is 0.383 bits per heavy atom. The van der Waals surface area contributed by atoms with Crippen LogP contribution in [0, 0.1) is 0 Å². The Labute approximate surface area is 273 Å². The molecule has 1 heteroatoms. The van der Waals surface area contributed by atoms with Gasteiger partial charge in [0, 0.05) is 22.6 Å².